The first-order valence-corrected chi connectivity index (χ1v) is 6.43. The smallest absolute Gasteiger partial charge is 0.273 e. The molecule has 1 aliphatic carbocycles. The van der Waals surface area contributed by atoms with Crippen LogP contribution < -0.4 is 10.6 Å². The summed E-state index contributed by atoms with van der Waals surface area (Å²) in [7, 11) is 1.77. The fraction of sp³-hybridized carbons (Fsp3) is 0.538. The molecule has 1 aromatic carbocycles. The Balaban J connectivity index is 2.15. The molecule has 1 saturated carbocycles. The fourth-order valence-electron chi connectivity index (χ4n) is 2.43. The summed E-state index contributed by atoms with van der Waals surface area (Å²) in [5, 5.41) is 17.2. The van der Waals surface area contributed by atoms with Gasteiger partial charge in [-0.05, 0) is 18.9 Å². The first kappa shape index (κ1) is 12.7. The summed E-state index contributed by atoms with van der Waals surface area (Å²) in [6.45, 7) is 0. The van der Waals surface area contributed by atoms with E-state index in [0.717, 1.165) is 24.2 Å². The second kappa shape index (κ2) is 5.71. The van der Waals surface area contributed by atoms with Gasteiger partial charge in [0, 0.05) is 36.6 Å². The molecule has 2 rings (SSSR count). The van der Waals surface area contributed by atoms with Gasteiger partial charge in [0.25, 0.3) is 5.69 Å². The van der Waals surface area contributed by atoms with E-state index in [2.05, 4.69) is 10.6 Å². The molecule has 0 spiro atoms. The van der Waals surface area contributed by atoms with Gasteiger partial charge < -0.3 is 10.6 Å². The average molecular weight is 249 g/mol. The van der Waals surface area contributed by atoms with Crippen molar-refractivity contribution >= 4 is 17.1 Å². The third kappa shape index (κ3) is 3.12. The van der Waals surface area contributed by atoms with E-state index < -0.39 is 0 Å². The second-order valence-corrected chi connectivity index (χ2v) is 4.75. The van der Waals surface area contributed by atoms with Gasteiger partial charge in [0.15, 0.2) is 0 Å². The van der Waals surface area contributed by atoms with Crippen molar-refractivity contribution in [3.8, 4) is 0 Å². The van der Waals surface area contributed by atoms with Gasteiger partial charge in [-0.25, -0.2) is 0 Å². The molecule has 0 aliphatic heterocycles. The van der Waals surface area contributed by atoms with Crippen molar-refractivity contribution in [3.63, 3.8) is 0 Å². The van der Waals surface area contributed by atoms with Crippen LogP contribution in [0.2, 0.25) is 0 Å². The van der Waals surface area contributed by atoms with Crippen LogP contribution in [-0.2, 0) is 0 Å². The molecule has 5 heteroatoms. The van der Waals surface area contributed by atoms with Crippen molar-refractivity contribution in [2.75, 3.05) is 17.7 Å². The molecule has 18 heavy (non-hydrogen) atoms. The van der Waals surface area contributed by atoms with E-state index in [4.69, 9.17) is 0 Å². The van der Waals surface area contributed by atoms with E-state index in [1.165, 1.54) is 19.3 Å². The lowest BCUT2D eigenvalue weighted by molar-refractivity contribution is -0.384. The maximum atomic E-state index is 10.9. The Hall–Kier alpha value is -1.78. The molecule has 0 aromatic heterocycles. The van der Waals surface area contributed by atoms with Crippen LogP contribution in [0.1, 0.15) is 32.1 Å². The highest BCUT2D eigenvalue weighted by atomic mass is 16.6. The minimum absolute atomic E-state index is 0.125. The van der Waals surface area contributed by atoms with E-state index in [9.17, 15) is 10.1 Å². The maximum Gasteiger partial charge on any atom is 0.273 e. The lowest BCUT2D eigenvalue weighted by Gasteiger charge is -2.24. The number of hydrogen-bond acceptors (Lipinski definition) is 4. The predicted molar refractivity (Wildman–Crippen MR) is 73.1 cm³/mol. The zero-order valence-electron chi connectivity index (χ0n) is 10.6. The van der Waals surface area contributed by atoms with Gasteiger partial charge in [0.2, 0.25) is 0 Å². The van der Waals surface area contributed by atoms with Crippen LogP contribution in [-0.4, -0.2) is 18.0 Å². The maximum absolute atomic E-state index is 10.9. The van der Waals surface area contributed by atoms with Crippen LogP contribution in [0.5, 0.6) is 0 Å². The van der Waals surface area contributed by atoms with Gasteiger partial charge >= 0.3 is 0 Å². The largest absolute Gasteiger partial charge is 0.388 e. The number of rotatable bonds is 4. The molecular weight excluding hydrogens is 230 g/mol. The Labute approximate surface area is 107 Å². The molecule has 98 valence electrons. The molecule has 5 nitrogen and oxygen atoms in total. The van der Waals surface area contributed by atoms with Gasteiger partial charge in [0.05, 0.1) is 4.92 Å². The van der Waals surface area contributed by atoms with E-state index >= 15 is 0 Å². The number of non-ortho nitro benzene ring substituents is 1. The number of hydrogen-bond donors (Lipinski definition) is 2. The first-order chi connectivity index (χ1) is 8.69. The Kier molecular flexibility index (Phi) is 4.02. The molecule has 1 aliphatic rings. The monoisotopic (exact) mass is 249 g/mol. The average Bonchev–Trinajstić information content (AvgIpc) is 2.39. The topological polar surface area (TPSA) is 67.2 Å². The third-order valence-corrected chi connectivity index (χ3v) is 3.39. The number of anilines is 2. The number of benzene rings is 1. The van der Waals surface area contributed by atoms with E-state index in [1.54, 1.807) is 19.2 Å². The van der Waals surface area contributed by atoms with E-state index in [1.807, 2.05) is 6.07 Å². The summed E-state index contributed by atoms with van der Waals surface area (Å²) >= 11 is 0. The lowest BCUT2D eigenvalue weighted by Crippen LogP contribution is -2.22. The van der Waals surface area contributed by atoms with Crippen LogP contribution >= 0.6 is 0 Å². The van der Waals surface area contributed by atoms with Gasteiger partial charge in [-0.15, -0.1) is 0 Å². The molecule has 0 atom stereocenters. The highest BCUT2D eigenvalue weighted by Gasteiger charge is 2.15. The van der Waals surface area contributed by atoms with Crippen LogP contribution in [0.4, 0.5) is 17.1 Å². The summed E-state index contributed by atoms with van der Waals surface area (Å²) in [5.74, 6) is 0. The third-order valence-electron chi connectivity index (χ3n) is 3.39. The molecule has 0 heterocycles. The summed E-state index contributed by atoms with van der Waals surface area (Å²) in [4.78, 5) is 10.5. The Bertz CT molecular complexity index is 428. The van der Waals surface area contributed by atoms with Gasteiger partial charge in [-0.1, -0.05) is 19.3 Å². The summed E-state index contributed by atoms with van der Waals surface area (Å²) in [6.07, 6.45) is 6.08. The van der Waals surface area contributed by atoms with Crippen molar-refractivity contribution in [3.05, 3.63) is 28.3 Å². The summed E-state index contributed by atoms with van der Waals surface area (Å²) in [6, 6.07) is 5.52. The van der Waals surface area contributed by atoms with Crippen LogP contribution in [0, 0.1) is 10.1 Å². The molecule has 2 N–H and O–H groups in total. The number of nitrogens with one attached hydrogen (secondary N) is 2. The van der Waals surface area contributed by atoms with Gasteiger partial charge in [-0.2, -0.15) is 0 Å². The van der Waals surface area contributed by atoms with Gasteiger partial charge in [0.1, 0.15) is 0 Å². The Morgan fingerprint density at radius 1 is 1.17 bits per heavy atom. The first-order valence-electron chi connectivity index (χ1n) is 6.43. The van der Waals surface area contributed by atoms with Crippen LogP contribution in [0.15, 0.2) is 18.2 Å². The van der Waals surface area contributed by atoms with Crippen LogP contribution in [0.25, 0.3) is 0 Å². The van der Waals surface area contributed by atoms with Crippen molar-refractivity contribution < 1.29 is 4.92 Å². The normalized spacial score (nSPS) is 16.3. The minimum Gasteiger partial charge on any atom is -0.388 e. The number of nitrogens with zero attached hydrogens (tertiary/aromatic N) is 1. The molecular formula is C13H19N3O2. The van der Waals surface area contributed by atoms with E-state index in [-0.39, 0.29) is 10.6 Å². The van der Waals surface area contributed by atoms with Crippen molar-refractivity contribution in [2.24, 2.45) is 0 Å². The Morgan fingerprint density at radius 3 is 2.44 bits per heavy atom. The molecule has 0 bridgehead atoms. The Morgan fingerprint density at radius 2 is 1.83 bits per heavy atom. The molecule has 0 unspecified atom stereocenters. The van der Waals surface area contributed by atoms with Crippen molar-refractivity contribution in [1.29, 1.82) is 0 Å². The number of nitro groups is 1. The minimum atomic E-state index is -0.354. The fourth-order valence-corrected chi connectivity index (χ4v) is 2.43. The second-order valence-electron chi connectivity index (χ2n) is 4.75. The SMILES string of the molecule is CNc1cc(NC2CCCCC2)cc([N+](=O)[O-])c1. The summed E-state index contributed by atoms with van der Waals surface area (Å²) in [5.41, 5.74) is 1.73. The lowest BCUT2D eigenvalue weighted by atomic mass is 9.95. The molecule has 0 saturated heterocycles. The molecule has 0 radical (unpaired) electrons. The quantitative estimate of drug-likeness (QED) is 0.634. The van der Waals surface area contributed by atoms with Crippen LogP contribution in [0.3, 0.4) is 0 Å². The highest BCUT2D eigenvalue weighted by Crippen LogP contribution is 2.27. The highest BCUT2D eigenvalue weighted by molar-refractivity contribution is 5.63. The standard InChI is InChI=1S/C13H19N3O2/c1-14-11-7-12(9-13(8-11)16(17)18)15-10-5-3-2-4-6-10/h7-10,14-15H,2-6H2,1H3. The van der Waals surface area contributed by atoms with E-state index in [0.29, 0.717) is 6.04 Å². The zero-order valence-corrected chi connectivity index (χ0v) is 10.6. The number of nitro benzene ring substituents is 1. The molecule has 1 fully saturated rings. The van der Waals surface area contributed by atoms with Gasteiger partial charge in [-0.3, -0.25) is 10.1 Å². The van der Waals surface area contributed by atoms with Crippen molar-refractivity contribution in [2.45, 2.75) is 38.1 Å². The molecule has 1 aromatic rings. The predicted octanol–water partition coefficient (Wildman–Crippen LogP) is 3.38. The van der Waals surface area contributed by atoms with Crippen molar-refractivity contribution in [1.82, 2.24) is 0 Å². The summed E-state index contributed by atoms with van der Waals surface area (Å²) < 4.78 is 0. The molecule has 0 amide bonds. The zero-order chi connectivity index (χ0) is 13.0.